The van der Waals surface area contributed by atoms with Gasteiger partial charge in [0.15, 0.2) is 0 Å². The van der Waals surface area contributed by atoms with Crippen molar-refractivity contribution >= 4 is 15.9 Å². The SMILES string of the molecule is NCc1[nH]nc(-c2ccc3c(c2)CCC3)c1Br. The standard InChI is InChI=1S/C13H14BrN3/c14-12-11(7-15)16-17-13(12)10-5-4-8-2-1-3-9(8)6-10/h4-6H,1-3,7,15H2,(H,16,17). The van der Waals surface area contributed by atoms with Crippen molar-refractivity contribution in [1.29, 1.82) is 0 Å². The molecule has 1 aliphatic rings. The topological polar surface area (TPSA) is 54.7 Å². The van der Waals surface area contributed by atoms with Gasteiger partial charge in [-0.15, -0.1) is 0 Å². The number of nitrogens with one attached hydrogen (secondary N) is 1. The third-order valence-electron chi connectivity index (χ3n) is 3.35. The first-order valence-electron chi connectivity index (χ1n) is 5.84. The van der Waals surface area contributed by atoms with Gasteiger partial charge in [-0.2, -0.15) is 5.10 Å². The Bertz CT molecular complexity index is 560. The molecule has 0 unspecified atom stereocenters. The van der Waals surface area contributed by atoms with Crippen LogP contribution in [0.4, 0.5) is 0 Å². The Hall–Kier alpha value is -1.13. The Balaban J connectivity index is 2.06. The van der Waals surface area contributed by atoms with Gasteiger partial charge in [0.05, 0.1) is 10.2 Å². The molecule has 0 spiro atoms. The Morgan fingerprint density at radius 2 is 2.12 bits per heavy atom. The third kappa shape index (κ3) is 1.81. The van der Waals surface area contributed by atoms with Gasteiger partial charge >= 0.3 is 0 Å². The monoisotopic (exact) mass is 291 g/mol. The molecule has 1 aromatic heterocycles. The van der Waals surface area contributed by atoms with Crippen LogP contribution >= 0.6 is 15.9 Å². The minimum absolute atomic E-state index is 0.471. The van der Waals surface area contributed by atoms with E-state index >= 15 is 0 Å². The van der Waals surface area contributed by atoms with Gasteiger partial charge in [-0.25, -0.2) is 0 Å². The molecular formula is C13H14BrN3. The van der Waals surface area contributed by atoms with Gasteiger partial charge in [0.25, 0.3) is 0 Å². The van der Waals surface area contributed by atoms with Crippen LogP contribution in [0.5, 0.6) is 0 Å². The summed E-state index contributed by atoms with van der Waals surface area (Å²) in [6.07, 6.45) is 3.68. The Labute approximate surface area is 109 Å². The predicted octanol–water partition coefficient (Wildman–Crippen LogP) is 2.79. The van der Waals surface area contributed by atoms with E-state index < -0.39 is 0 Å². The van der Waals surface area contributed by atoms with E-state index in [-0.39, 0.29) is 0 Å². The van der Waals surface area contributed by atoms with Crippen molar-refractivity contribution in [2.24, 2.45) is 5.73 Å². The van der Waals surface area contributed by atoms with E-state index in [1.165, 1.54) is 30.4 Å². The number of H-pyrrole nitrogens is 1. The highest BCUT2D eigenvalue weighted by atomic mass is 79.9. The Morgan fingerprint density at radius 3 is 2.88 bits per heavy atom. The molecule has 0 amide bonds. The molecule has 3 rings (SSSR count). The molecule has 1 aromatic carbocycles. The maximum atomic E-state index is 5.63. The Morgan fingerprint density at radius 1 is 1.29 bits per heavy atom. The van der Waals surface area contributed by atoms with Gasteiger partial charge in [0.1, 0.15) is 5.69 Å². The fourth-order valence-electron chi connectivity index (χ4n) is 2.41. The van der Waals surface area contributed by atoms with Crippen molar-refractivity contribution < 1.29 is 0 Å². The number of rotatable bonds is 2. The zero-order chi connectivity index (χ0) is 11.8. The molecule has 0 bridgehead atoms. The molecule has 0 saturated heterocycles. The van der Waals surface area contributed by atoms with E-state index in [9.17, 15) is 0 Å². The smallest absolute Gasteiger partial charge is 0.107 e. The first-order valence-corrected chi connectivity index (χ1v) is 6.64. The van der Waals surface area contributed by atoms with E-state index in [0.29, 0.717) is 6.54 Å². The number of aromatic amines is 1. The average Bonchev–Trinajstić information content (AvgIpc) is 2.94. The summed E-state index contributed by atoms with van der Waals surface area (Å²) < 4.78 is 0.984. The lowest BCUT2D eigenvalue weighted by molar-refractivity contribution is 0.912. The zero-order valence-electron chi connectivity index (χ0n) is 9.46. The van der Waals surface area contributed by atoms with Crippen molar-refractivity contribution in [3.8, 4) is 11.3 Å². The molecule has 3 N–H and O–H groups in total. The summed E-state index contributed by atoms with van der Waals surface area (Å²) in [4.78, 5) is 0. The second-order valence-electron chi connectivity index (χ2n) is 4.41. The van der Waals surface area contributed by atoms with Gasteiger partial charge in [0.2, 0.25) is 0 Å². The fraction of sp³-hybridized carbons (Fsp3) is 0.308. The van der Waals surface area contributed by atoms with E-state index in [1.807, 2.05) is 0 Å². The Kier molecular flexibility index (Phi) is 2.76. The lowest BCUT2D eigenvalue weighted by Crippen LogP contribution is -1.96. The van der Waals surface area contributed by atoms with Crippen molar-refractivity contribution in [1.82, 2.24) is 10.2 Å². The average molecular weight is 292 g/mol. The molecule has 0 saturated carbocycles. The summed E-state index contributed by atoms with van der Waals surface area (Å²) in [6.45, 7) is 0.471. The van der Waals surface area contributed by atoms with Crippen molar-refractivity contribution in [2.75, 3.05) is 0 Å². The van der Waals surface area contributed by atoms with Crippen LogP contribution in [0.25, 0.3) is 11.3 Å². The summed E-state index contributed by atoms with van der Waals surface area (Å²) in [5, 5.41) is 7.30. The maximum Gasteiger partial charge on any atom is 0.107 e. The minimum Gasteiger partial charge on any atom is -0.325 e. The predicted molar refractivity (Wildman–Crippen MR) is 71.6 cm³/mol. The van der Waals surface area contributed by atoms with E-state index in [1.54, 1.807) is 0 Å². The molecule has 0 atom stereocenters. The lowest BCUT2D eigenvalue weighted by Gasteiger charge is -2.03. The number of halogens is 1. The normalized spacial score (nSPS) is 14.0. The highest BCUT2D eigenvalue weighted by molar-refractivity contribution is 9.10. The number of nitrogens with two attached hydrogens (primary N) is 1. The fourth-order valence-corrected chi connectivity index (χ4v) is 2.98. The number of aryl methyl sites for hydroxylation is 2. The number of fused-ring (bicyclic) bond motifs is 1. The molecule has 17 heavy (non-hydrogen) atoms. The largest absolute Gasteiger partial charge is 0.325 e. The number of benzene rings is 1. The molecule has 3 nitrogen and oxygen atoms in total. The van der Waals surface area contributed by atoms with Gasteiger partial charge in [-0.1, -0.05) is 12.1 Å². The van der Waals surface area contributed by atoms with Gasteiger partial charge in [0, 0.05) is 12.1 Å². The lowest BCUT2D eigenvalue weighted by atomic mass is 10.0. The van der Waals surface area contributed by atoms with Crippen molar-refractivity contribution in [2.45, 2.75) is 25.8 Å². The molecular weight excluding hydrogens is 278 g/mol. The molecule has 88 valence electrons. The van der Waals surface area contributed by atoms with E-state index in [2.05, 4.69) is 44.3 Å². The highest BCUT2D eigenvalue weighted by Gasteiger charge is 2.15. The molecule has 0 fully saturated rings. The number of hydrogen-bond acceptors (Lipinski definition) is 2. The first kappa shape index (κ1) is 11.0. The summed E-state index contributed by atoms with van der Waals surface area (Å²) in [5.74, 6) is 0. The first-order chi connectivity index (χ1) is 8.29. The summed E-state index contributed by atoms with van der Waals surface area (Å²) in [6, 6.07) is 6.62. The molecule has 4 heteroatoms. The molecule has 1 heterocycles. The van der Waals surface area contributed by atoms with Crippen molar-refractivity contribution in [3.63, 3.8) is 0 Å². The zero-order valence-corrected chi connectivity index (χ0v) is 11.0. The molecule has 1 aliphatic carbocycles. The van der Waals surface area contributed by atoms with Gasteiger partial charge < -0.3 is 5.73 Å². The maximum absolute atomic E-state index is 5.63. The van der Waals surface area contributed by atoms with E-state index in [0.717, 1.165) is 21.4 Å². The van der Waals surface area contributed by atoms with Crippen LogP contribution in [0, 0.1) is 0 Å². The number of aromatic nitrogens is 2. The molecule has 2 aromatic rings. The molecule has 0 aliphatic heterocycles. The molecule has 0 radical (unpaired) electrons. The van der Waals surface area contributed by atoms with Crippen molar-refractivity contribution in [3.05, 3.63) is 39.5 Å². The quantitative estimate of drug-likeness (QED) is 0.894. The van der Waals surface area contributed by atoms with Crippen LogP contribution in [0.1, 0.15) is 23.2 Å². The minimum atomic E-state index is 0.471. The van der Waals surface area contributed by atoms with Crippen LogP contribution in [0.15, 0.2) is 22.7 Å². The highest BCUT2D eigenvalue weighted by Crippen LogP contribution is 2.32. The van der Waals surface area contributed by atoms with Crippen LogP contribution in [0.3, 0.4) is 0 Å². The van der Waals surface area contributed by atoms with Gasteiger partial charge in [-0.3, -0.25) is 5.10 Å². The summed E-state index contributed by atoms with van der Waals surface area (Å²) in [5.41, 5.74) is 11.6. The second kappa shape index (κ2) is 4.27. The third-order valence-corrected chi connectivity index (χ3v) is 4.21. The van der Waals surface area contributed by atoms with Crippen LogP contribution in [0.2, 0.25) is 0 Å². The number of nitrogens with zero attached hydrogens (tertiary/aromatic N) is 1. The van der Waals surface area contributed by atoms with Crippen LogP contribution in [-0.2, 0) is 19.4 Å². The van der Waals surface area contributed by atoms with Gasteiger partial charge in [-0.05, 0) is 52.4 Å². The summed E-state index contributed by atoms with van der Waals surface area (Å²) in [7, 11) is 0. The summed E-state index contributed by atoms with van der Waals surface area (Å²) >= 11 is 3.56. The second-order valence-corrected chi connectivity index (χ2v) is 5.20. The van der Waals surface area contributed by atoms with Crippen LogP contribution < -0.4 is 5.73 Å². The number of hydrogen-bond donors (Lipinski definition) is 2. The van der Waals surface area contributed by atoms with Crippen LogP contribution in [-0.4, -0.2) is 10.2 Å². The van der Waals surface area contributed by atoms with E-state index in [4.69, 9.17) is 5.73 Å².